The standard InChI is InChI=1S/C16H26FN3O/c1-19(9-10-20-7-3-4-8-20)15(12-18)13-5-6-16(21-2)14(17)11-13/h5-6,11,15H,3-4,7-10,12,18H2,1-2H3. The van der Waals surface area contributed by atoms with Gasteiger partial charge in [-0.3, -0.25) is 4.90 Å². The van der Waals surface area contributed by atoms with Crippen LogP contribution in [0.5, 0.6) is 5.75 Å². The molecule has 0 aliphatic carbocycles. The molecular weight excluding hydrogens is 269 g/mol. The van der Waals surface area contributed by atoms with E-state index in [2.05, 4.69) is 16.8 Å². The summed E-state index contributed by atoms with van der Waals surface area (Å²) in [6.07, 6.45) is 2.60. The van der Waals surface area contributed by atoms with Gasteiger partial charge in [-0.2, -0.15) is 0 Å². The summed E-state index contributed by atoms with van der Waals surface area (Å²) >= 11 is 0. The molecule has 21 heavy (non-hydrogen) atoms. The molecule has 1 aromatic carbocycles. The molecule has 0 bridgehead atoms. The van der Waals surface area contributed by atoms with Crippen LogP contribution in [0.1, 0.15) is 24.4 Å². The van der Waals surface area contributed by atoms with Crippen LogP contribution in [-0.2, 0) is 0 Å². The monoisotopic (exact) mass is 295 g/mol. The van der Waals surface area contributed by atoms with E-state index in [-0.39, 0.29) is 17.6 Å². The minimum Gasteiger partial charge on any atom is -0.494 e. The molecule has 2 rings (SSSR count). The quantitative estimate of drug-likeness (QED) is 0.834. The predicted octanol–water partition coefficient (Wildman–Crippen LogP) is 1.86. The van der Waals surface area contributed by atoms with Crippen molar-refractivity contribution in [3.63, 3.8) is 0 Å². The second-order valence-electron chi connectivity index (χ2n) is 5.67. The molecule has 0 aromatic heterocycles. The van der Waals surface area contributed by atoms with Crippen molar-refractivity contribution in [3.8, 4) is 5.75 Å². The minimum absolute atomic E-state index is 0.0352. The van der Waals surface area contributed by atoms with Gasteiger partial charge in [0.1, 0.15) is 0 Å². The van der Waals surface area contributed by atoms with Crippen LogP contribution in [0.3, 0.4) is 0 Å². The first-order chi connectivity index (χ1) is 10.2. The number of benzene rings is 1. The van der Waals surface area contributed by atoms with Gasteiger partial charge in [0.25, 0.3) is 0 Å². The van der Waals surface area contributed by atoms with Crippen LogP contribution in [0, 0.1) is 5.82 Å². The van der Waals surface area contributed by atoms with Crippen LogP contribution in [-0.4, -0.2) is 56.7 Å². The molecule has 5 heteroatoms. The Labute approximate surface area is 126 Å². The Balaban J connectivity index is 1.98. The molecule has 1 fully saturated rings. The number of likely N-dealkylation sites (tertiary alicyclic amines) is 1. The zero-order valence-corrected chi connectivity index (χ0v) is 13.0. The third kappa shape index (κ3) is 4.15. The first kappa shape index (κ1) is 16.2. The van der Waals surface area contributed by atoms with Gasteiger partial charge in [0.15, 0.2) is 11.6 Å². The summed E-state index contributed by atoms with van der Waals surface area (Å²) in [4.78, 5) is 4.68. The summed E-state index contributed by atoms with van der Waals surface area (Å²) in [5.41, 5.74) is 6.80. The van der Waals surface area contributed by atoms with E-state index >= 15 is 0 Å². The van der Waals surface area contributed by atoms with Crippen molar-refractivity contribution in [1.29, 1.82) is 0 Å². The predicted molar refractivity (Wildman–Crippen MR) is 83.1 cm³/mol. The van der Waals surface area contributed by atoms with E-state index in [9.17, 15) is 4.39 Å². The first-order valence-corrected chi connectivity index (χ1v) is 7.61. The van der Waals surface area contributed by atoms with Gasteiger partial charge in [0.05, 0.1) is 7.11 Å². The second-order valence-corrected chi connectivity index (χ2v) is 5.67. The maximum atomic E-state index is 13.8. The molecule has 118 valence electrons. The van der Waals surface area contributed by atoms with E-state index in [1.807, 2.05) is 6.07 Å². The lowest BCUT2D eigenvalue weighted by atomic mass is 10.1. The molecule has 1 aliphatic heterocycles. The highest BCUT2D eigenvalue weighted by Gasteiger charge is 2.19. The summed E-state index contributed by atoms with van der Waals surface area (Å²) in [5, 5.41) is 0. The van der Waals surface area contributed by atoms with Crippen molar-refractivity contribution in [3.05, 3.63) is 29.6 Å². The van der Waals surface area contributed by atoms with Crippen LogP contribution in [0.15, 0.2) is 18.2 Å². The van der Waals surface area contributed by atoms with Crippen LogP contribution in [0.2, 0.25) is 0 Å². The van der Waals surface area contributed by atoms with E-state index in [1.165, 1.54) is 39.1 Å². The van der Waals surface area contributed by atoms with Gasteiger partial charge >= 0.3 is 0 Å². The van der Waals surface area contributed by atoms with Crippen LogP contribution >= 0.6 is 0 Å². The summed E-state index contributed by atoms with van der Waals surface area (Å²) in [6, 6.07) is 5.13. The van der Waals surface area contributed by atoms with Gasteiger partial charge in [0.2, 0.25) is 0 Å². The van der Waals surface area contributed by atoms with E-state index in [1.54, 1.807) is 6.07 Å². The number of halogens is 1. The van der Waals surface area contributed by atoms with E-state index in [4.69, 9.17) is 10.5 Å². The highest BCUT2D eigenvalue weighted by Crippen LogP contribution is 2.24. The van der Waals surface area contributed by atoms with Gasteiger partial charge in [-0.25, -0.2) is 4.39 Å². The zero-order valence-electron chi connectivity index (χ0n) is 13.0. The second kappa shape index (κ2) is 7.73. The van der Waals surface area contributed by atoms with Gasteiger partial charge in [-0.15, -0.1) is 0 Å². The Morgan fingerprint density at radius 3 is 2.67 bits per heavy atom. The minimum atomic E-state index is -0.332. The van der Waals surface area contributed by atoms with E-state index < -0.39 is 0 Å². The number of ether oxygens (including phenoxy) is 1. The number of hydrogen-bond acceptors (Lipinski definition) is 4. The molecule has 1 saturated heterocycles. The third-order valence-electron chi connectivity index (χ3n) is 4.28. The van der Waals surface area contributed by atoms with Crippen molar-refractivity contribution in [2.75, 3.05) is 46.9 Å². The van der Waals surface area contributed by atoms with Crippen LogP contribution in [0.4, 0.5) is 4.39 Å². The lowest BCUT2D eigenvalue weighted by molar-refractivity contribution is 0.209. The molecular formula is C16H26FN3O. The maximum absolute atomic E-state index is 13.8. The normalized spacial score (nSPS) is 17.4. The molecule has 2 N–H and O–H groups in total. The number of nitrogens with zero attached hydrogens (tertiary/aromatic N) is 2. The first-order valence-electron chi connectivity index (χ1n) is 7.61. The summed E-state index contributed by atoms with van der Waals surface area (Å²) < 4.78 is 18.8. The molecule has 1 atom stereocenters. The number of methoxy groups -OCH3 is 1. The number of nitrogens with two attached hydrogens (primary N) is 1. The van der Waals surface area contributed by atoms with Gasteiger partial charge in [-0.1, -0.05) is 6.07 Å². The highest BCUT2D eigenvalue weighted by molar-refractivity contribution is 5.31. The smallest absolute Gasteiger partial charge is 0.165 e. The molecule has 0 amide bonds. The Bertz CT molecular complexity index is 449. The summed E-state index contributed by atoms with van der Waals surface area (Å²) in [7, 11) is 3.52. The van der Waals surface area contributed by atoms with E-state index in [0.717, 1.165) is 18.7 Å². The van der Waals surface area contributed by atoms with Crippen LogP contribution in [0.25, 0.3) is 0 Å². The zero-order chi connectivity index (χ0) is 15.2. The van der Waals surface area contributed by atoms with Crippen molar-refractivity contribution >= 4 is 0 Å². The molecule has 0 radical (unpaired) electrons. The molecule has 1 heterocycles. The highest BCUT2D eigenvalue weighted by atomic mass is 19.1. The van der Waals surface area contributed by atoms with Gasteiger partial charge in [0, 0.05) is 25.7 Å². The number of hydrogen-bond donors (Lipinski definition) is 1. The number of likely N-dealkylation sites (N-methyl/N-ethyl adjacent to an activating group) is 1. The van der Waals surface area contributed by atoms with Crippen molar-refractivity contribution in [1.82, 2.24) is 9.80 Å². The summed E-state index contributed by atoms with van der Waals surface area (Å²) in [5.74, 6) is -0.0596. The molecule has 4 nitrogen and oxygen atoms in total. The lowest BCUT2D eigenvalue weighted by Crippen LogP contribution is -2.36. The lowest BCUT2D eigenvalue weighted by Gasteiger charge is -2.29. The molecule has 0 spiro atoms. The molecule has 0 saturated carbocycles. The average molecular weight is 295 g/mol. The van der Waals surface area contributed by atoms with Gasteiger partial charge in [-0.05, 0) is 50.7 Å². The molecule has 1 aromatic rings. The molecule has 1 unspecified atom stereocenters. The largest absolute Gasteiger partial charge is 0.494 e. The Kier molecular flexibility index (Phi) is 5.96. The number of rotatable bonds is 7. The topological polar surface area (TPSA) is 41.7 Å². The Hall–Kier alpha value is -1.17. The maximum Gasteiger partial charge on any atom is 0.165 e. The van der Waals surface area contributed by atoms with Gasteiger partial charge < -0.3 is 15.4 Å². The Morgan fingerprint density at radius 2 is 2.10 bits per heavy atom. The Morgan fingerprint density at radius 1 is 1.38 bits per heavy atom. The average Bonchev–Trinajstić information content (AvgIpc) is 2.99. The fraction of sp³-hybridized carbons (Fsp3) is 0.625. The molecule has 1 aliphatic rings. The van der Waals surface area contributed by atoms with Crippen molar-refractivity contribution in [2.45, 2.75) is 18.9 Å². The van der Waals surface area contributed by atoms with Crippen molar-refractivity contribution < 1.29 is 9.13 Å². The van der Waals surface area contributed by atoms with E-state index in [0.29, 0.717) is 6.54 Å². The third-order valence-corrected chi connectivity index (χ3v) is 4.28. The summed E-state index contributed by atoms with van der Waals surface area (Å²) in [6.45, 7) is 4.85. The fourth-order valence-electron chi connectivity index (χ4n) is 2.92. The van der Waals surface area contributed by atoms with Crippen LogP contribution < -0.4 is 10.5 Å². The SMILES string of the molecule is COc1ccc(C(CN)N(C)CCN2CCCC2)cc1F. The van der Waals surface area contributed by atoms with Crippen molar-refractivity contribution in [2.24, 2.45) is 5.73 Å². The fourth-order valence-corrected chi connectivity index (χ4v) is 2.92.